The third-order valence-corrected chi connectivity index (χ3v) is 9.35. The van der Waals surface area contributed by atoms with Crippen molar-refractivity contribution in [3.63, 3.8) is 0 Å². The van der Waals surface area contributed by atoms with Gasteiger partial charge in [-0.15, -0.1) is 0 Å². The van der Waals surface area contributed by atoms with Crippen LogP contribution in [0.4, 0.5) is 11.4 Å². The molecule has 2 amide bonds. The Kier molecular flexibility index (Phi) is 10.7. The van der Waals surface area contributed by atoms with Gasteiger partial charge in [0, 0.05) is 48.9 Å². The Labute approximate surface area is 250 Å². The van der Waals surface area contributed by atoms with Crippen molar-refractivity contribution in [2.75, 3.05) is 55.1 Å². The van der Waals surface area contributed by atoms with Gasteiger partial charge in [-0.25, -0.2) is 8.42 Å². The van der Waals surface area contributed by atoms with E-state index in [1.165, 1.54) is 6.26 Å². The van der Waals surface area contributed by atoms with Gasteiger partial charge in [0.05, 0.1) is 6.26 Å². The van der Waals surface area contributed by atoms with Crippen molar-refractivity contribution in [3.05, 3.63) is 58.6 Å². The van der Waals surface area contributed by atoms with Crippen LogP contribution in [0.3, 0.4) is 0 Å². The van der Waals surface area contributed by atoms with Crippen LogP contribution in [-0.4, -0.2) is 75.6 Å². The minimum atomic E-state index is -3.29. The number of carbonyl (C=O) groups is 2. The highest BCUT2D eigenvalue weighted by molar-refractivity contribution is 7.92. The third kappa shape index (κ3) is 9.18. The van der Waals surface area contributed by atoms with Crippen molar-refractivity contribution in [1.29, 1.82) is 0 Å². The van der Waals surface area contributed by atoms with Crippen LogP contribution in [0.5, 0.6) is 0 Å². The number of piperidine rings is 2. The van der Waals surface area contributed by atoms with E-state index in [9.17, 15) is 18.0 Å². The monoisotopic (exact) mass is 602 g/mol. The summed E-state index contributed by atoms with van der Waals surface area (Å²) in [6.07, 6.45) is 6.53. The highest BCUT2D eigenvalue weighted by atomic mass is 35.5. The Morgan fingerprint density at radius 3 is 2.37 bits per heavy atom. The van der Waals surface area contributed by atoms with Crippen molar-refractivity contribution in [1.82, 2.24) is 9.80 Å². The van der Waals surface area contributed by atoms with E-state index in [-0.39, 0.29) is 17.7 Å². The van der Waals surface area contributed by atoms with Gasteiger partial charge < -0.3 is 14.7 Å². The summed E-state index contributed by atoms with van der Waals surface area (Å²) in [5.74, 6) is 0.666. The quantitative estimate of drug-likeness (QED) is 0.415. The molecule has 2 aliphatic heterocycles. The van der Waals surface area contributed by atoms with Crippen molar-refractivity contribution >= 4 is 44.8 Å². The maximum atomic E-state index is 13.7. The molecule has 0 bridgehead atoms. The number of halogens is 1. The minimum absolute atomic E-state index is 0.0688. The molecule has 2 saturated heterocycles. The lowest BCUT2D eigenvalue weighted by Gasteiger charge is -2.35. The van der Waals surface area contributed by atoms with Gasteiger partial charge in [-0.2, -0.15) is 0 Å². The summed E-state index contributed by atoms with van der Waals surface area (Å²) in [6.45, 7) is 8.38. The molecule has 1 N–H and O–H groups in total. The maximum absolute atomic E-state index is 13.7. The van der Waals surface area contributed by atoms with Crippen molar-refractivity contribution in [2.45, 2.75) is 52.4 Å². The van der Waals surface area contributed by atoms with E-state index in [2.05, 4.69) is 15.7 Å². The normalized spacial score (nSPS) is 17.4. The number of rotatable bonds is 10. The topological polar surface area (TPSA) is 90.0 Å². The van der Waals surface area contributed by atoms with E-state index in [4.69, 9.17) is 11.6 Å². The molecule has 4 rings (SSSR count). The fourth-order valence-corrected chi connectivity index (χ4v) is 6.68. The predicted octanol–water partition coefficient (Wildman–Crippen LogP) is 4.96. The van der Waals surface area contributed by atoms with E-state index >= 15 is 0 Å². The number of hydrogen-bond donors (Lipinski definition) is 1. The number of nitrogens with zero attached hydrogens (tertiary/aromatic N) is 3. The number of benzene rings is 2. The number of anilines is 2. The molecule has 0 radical (unpaired) electrons. The van der Waals surface area contributed by atoms with Gasteiger partial charge in [0.1, 0.15) is 0 Å². The van der Waals surface area contributed by atoms with E-state index in [1.807, 2.05) is 47.1 Å². The molecule has 0 atom stereocenters. The summed E-state index contributed by atoms with van der Waals surface area (Å²) >= 11 is 6.45. The van der Waals surface area contributed by atoms with E-state index in [1.54, 1.807) is 13.0 Å². The third-order valence-electron chi connectivity index (χ3n) is 8.34. The molecule has 0 unspecified atom stereocenters. The predicted molar refractivity (Wildman–Crippen MR) is 166 cm³/mol. The van der Waals surface area contributed by atoms with Gasteiger partial charge in [-0.3, -0.25) is 14.3 Å². The van der Waals surface area contributed by atoms with Crippen molar-refractivity contribution < 1.29 is 18.0 Å². The van der Waals surface area contributed by atoms with E-state index in [0.717, 1.165) is 62.1 Å². The second-order valence-corrected chi connectivity index (χ2v) is 13.8. The number of amides is 2. The molecule has 224 valence electrons. The molecule has 8 nitrogen and oxygen atoms in total. The van der Waals surface area contributed by atoms with Gasteiger partial charge in [-0.1, -0.05) is 29.8 Å². The number of sulfonamides is 1. The molecule has 0 saturated carbocycles. The SMILES string of the molecule is CC(=O)N1CCC(C(=O)N(CCCN2CCC(Cc3cccc(NS(C)(=O)=O)c3)CC2)c2ccc(C)c(Cl)c2)CC1. The second-order valence-electron chi connectivity index (χ2n) is 11.6. The largest absolute Gasteiger partial charge is 0.343 e. The molecular weight excluding hydrogens is 560 g/mol. The summed E-state index contributed by atoms with van der Waals surface area (Å²) < 4.78 is 25.7. The maximum Gasteiger partial charge on any atom is 0.230 e. The van der Waals surface area contributed by atoms with Gasteiger partial charge >= 0.3 is 0 Å². The molecule has 0 spiro atoms. The summed E-state index contributed by atoms with van der Waals surface area (Å²) in [4.78, 5) is 31.7. The molecule has 2 fully saturated rings. The zero-order valence-electron chi connectivity index (χ0n) is 24.4. The van der Waals surface area contributed by atoms with Crippen molar-refractivity contribution in [2.24, 2.45) is 11.8 Å². The Morgan fingerprint density at radius 1 is 1.02 bits per heavy atom. The fraction of sp³-hybridized carbons (Fsp3) is 0.548. The zero-order valence-corrected chi connectivity index (χ0v) is 26.0. The average Bonchev–Trinajstić information content (AvgIpc) is 2.93. The van der Waals surface area contributed by atoms with E-state index < -0.39 is 10.0 Å². The van der Waals surface area contributed by atoms with Gasteiger partial charge in [0.25, 0.3) is 0 Å². The molecule has 10 heteroatoms. The molecule has 2 aromatic carbocycles. The first kappa shape index (κ1) is 31.3. The highest BCUT2D eigenvalue weighted by Gasteiger charge is 2.30. The second kappa shape index (κ2) is 14.0. The highest BCUT2D eigenvalue weighted by Crippen LogP contribution is 2.28. The molecule has 0 aliphatic carbocycles. The number of aryl methyl sites for hydroxylation is 1. The lowest BCUT2D eigenvalue weighted by Crippen LogP contribution is -2.45. The van der Waals surface area contributed by atoms with Crippen LogP contribution >= 0.6 is 11.6 Å². The zero-order chi connectivity index (χ0) is 29.6. The first-order valence-corrected chi connectivity index (χ1v) is 16.9. The number of hydrogen-bond acceptors (Lipinski definition) is 5. The number of likely N-dealkylation sites (tertiary alicyclic amines) is 2. The Bertz CT molecular complexity index is 1320. The molecule has 2 heterocycles. The molecule has 2 aromatic rings. The molecule has 0 aromatic heterocycles. The van der Waals surface area contributed by atoms with Gasteiger partial charge in [0.2, 0.25) is 21.8 Å². The fourth-order valence-electron chi connectivity index (χ4n) is 5.95. The average molecular weight is 603 g/mol. The van der Waals surface area contributed by atoms with Crippen molar-refractivity contribution in [3.8, 4) is 0 Å². The van der Waals surface area contributed by atoms with Gasteiger partial charge in [-0.05, 0) is 106 Å². The Hall–Kier alpha value is -2.62. The minimum Gasteiger partial charge on any atom is -0.343 e. The first-order valence-electron chi connectivity index (χ1n) is 14.6. The van der Waals surface area contributed by atoms with Crippen LogP contribution < -0.4 is 9.62 Å². The molecule has 2 aliphatic rings. The van der Waals surface area contributed by atoms with E-state index in [0.29, 0.717) is 49.1 Å². The van der Waals surface area contributed by atoms with Crippen LogP contribution in [-0.2, 0) is 26.0 Å². The van der Waals surface area contributed by atoms with Crippen LogP contribution in [0.2, 0.25) is 5.02 Å². The standard InChI is InChI=1S/C31H43ClN4O4S/c1-23-8-9-29(22-30(23)32)36(31(38)27-12-18-35(19-13-27)24(2)37)15-5-14-34-16-10-25(11-17-34)20-26-6-4-7-28(21-26)33-41(3,39)40/h4,6-9,21-22,25,27,33H,5,10-20H2,1-3H3. The lowest BCUT2D eigenvalue weighted by molar-refractivity contribution is -0.133. The lowest BCUT2D eigenvalue weighted by atomic mass is 9.90. The van der Waals surface area contributed by atoms with Crippen LogP contribution in [0.25, 0.3) is 0 Å². The van der Waals surface area contributed by atoms with Gasteiger partial charge in [0.15, 0.2) is 0 Å². The summed E-state index contributed by atoms with van der Waals surface area (Å²) in [7, 11) is -3.29. The number of carbonyl (C=O) groups excluding carboxylic acids is 2. The summed E-state index contributed by atoms with van der Waals surface area (Å²) in [5.41, 5.74) is 3.59. The molecular formula is C31H43ClN4O4S. The first-order chi connectivity index (χ1) is 19.5. The van der Waals surface area contributed by atoms with Crippen LogP contribution in [0.1, 0.15) is 50.2 Å². The van der Waals surface area contributed by atoms with Crippen LogP contribution in [0, 0.1) is 18.8 Å². The smallest absolute Gasteiger partial charge is 0.230 e. The van der Waals surface area contributed by atoms with Crippen LogP contribution in [0.15, 0.2) is 42.5 Å². The summed E-state index contributed by atoms with van der Waals surface area (Å²) in [6, 6.07) is 13.5. The molecule has 41 heavy (non-hydrogen) atoms. The Balaban J connectivity index is 1.30. The number of nitrogens with one attached hydrogen (secondary N) is 1. The Morgan fingerprint density at radius 2 is 1.73 bits per heavy atom. The summed E-state index contributed by atoms with van der Waals surface area (Å²) in [5, 5.41) is 0.659.